The Morgan fingerprint density at radius 1 is 1.70 bits per heavy atom. The standard InChI is InChI=1S/C5H4ClN3O/c6-5(9-10)4-1-2-7-3-8-4/h1-3,10H. The summed E-state index contributed by atoms with van der Waals surface area (Å²) in [5.41, 5.74) is 0.402. The number of nitrogens with zero attached hydrogens (tertiary/aromatic N) is 3. The van der Waals surface area contributed by atoms with Crippen LogP contribution in [0.2, 0.25) is 0 Å². The van der Waals surface area contributed by atoms with Gasteiger partial charge in [0.05, 0.1) is 0 Å². The van der Waals surface area contributed by atoms with Crippen LogP contribution in [0.4, 0.5) is 0 Å². The number of hydrogen-bond donors (Lipinski definition) is 1. The quantitative estimate of drug-likeness (QED) is 0.374. The molecule has 0 amide bonds. The van der Waals surface area contributed by atoms with Crippen LogP contribution in [0.5, 0.6) is 0 Å². The van der Waals surface area contributed by atoms with Crippen molar-refractivity contribution in [3.8, 4) is 0 Å². The molecule has 52 valence electrons. The van der Waals surface area contributed by atoms with Crippen LogP contribution >= 0.6 is 11.6 Å². The minimum atomic E-state index is -0.0394. The van der Waals surface area contributed by atoms with Gasteiger partial charge in [0.15, 0.2) is 5.17 Å². The van der Waals surface area contributed by atoms with Gasteiger partial charge in [0.25, 0.3) is 0 Å². The average molecular weight is 158 g/mol. The van der Waals surface area contributed by atoms with Crippen LogP contribution in [0.1, 0.15) is 5.69 Å². The molecule has 0 saturated carbocycles. The van der Waals surface area contributed by atoms with Crippen molar-refractivity contribution in [2.24, 2.45) is 5.16 Å². The molecule has 0 aliphatic heterocycles. The molecule has 0 spiro atoms. The maximum atomic E-state index is 8.18. The van der Waals surface area contributed by atoms with E-state index in [0.717, 1.165) is 0 Å². The van der Waals surface area contributed by atoms with Gasteiger partial charge in [-0.05, 0) is 6.07 Å². The number of rotatable bonds is 1. The molecule has 0 bridgehead atoms. The first-order valence-electron chi connectivity index (χ1n) is 2.48. The van der Waals surface area contributed by atoms with Gasteiger partial charge in [-0.15, -0.1) is 0 Å². The molecule has 0 aliphatic rings. The topological polar surface area (TPSA) is 58.4 Å². The lowest BCUT2D eigenvalue weighted by atomic mass is 10.4. The van der Waals surface area contributed by atoms with Gasteiger partial charge in [-0.25, -0.2) is 9.97 Å². The Bertz CT molecular complexity index is 236. The fraction of sp³-hybridized carbons (Fsp3) is 0. The van der Waals surface area contributed by atoms with Crippen LogP contribution < -0.4 is 0 Å². The molecular weight excluding hydrogens is 154 g/mol. The second-order valence-corrected chi connectivity index (χ2v) is 1.84. The number of aromatic nitrogens is 2. The lowest BCUT2D eigenvalue weighted by Crippen LogP contribution is -1.94. The van der Waals surface area contributed by atoms with Crippen LogP contribution in [-0.4, -0.2) is 20.3 Å². The van der Waals surface area contributed by atoms with Crippen LogP contribution in [0, 0.1) is 0 Å². The molecule has 0 saturated heterocycles. The van der Waals surface area contributed by atoms with E-state index in [1.807, 2.05) is 0 Å². The van der Waals surface area contributed by atoms with Crippen molar-refractivity contribution in [3.05, 3.63) is 24.3 Å². The molecule has 0 atom stereocenters. The maximum absolute atomic E-state index is 8.18. The Morgan fingerprint density at radius 2 is 2.50 bits per heavy atom. The van der Waals surface area contributed by atoms with E-state index in [1.165, 1.54) is 12.5 Å². The third kappa shape index (κ3) is 1.41. The van der Waals surface area contributed by atoms with Crippen molar-refractivity contribution in [2.45, 2.75) is 0 Å². The van der Waals surface area contributed by atoms with Crippen LogP contribution in [0.25, 0.3) is 0 Å². The highest BCUT2D eigenvalue weighted by Crippen LogP contribution is 1.97. The summed E-state index contributed by atoms with van der Waals surface area (Å²) in [4.78, 5) is 7.37. The molecule has 1 aromatic rings. The fourth-order valence-corrected chi connectivity index (χ4v) is 0.576. The van der Waals surface area contributed by atoms with E-state index < -0.39 is 0 Å². The van der Waals surface area contributed by atoms with Crippen molar-refractivity contribution >= 4 is 16.8 Å². The van der Waals surface area contributed by atoms with Crippen molar-refractivity contribution < 1.29 is 5.21 Å². The van der Waals surface area contributed by atoms with E-state index >= 15 is 0 Å². The number of halogens is 1. The Balaban J connectivity index is 2.96. The zero-order chi connectivity index (χ0) is 7.40. The third-order valence-corrected chi connectivity index (χ3v) is 1.15. The van der Waals surface area contributed by atoms with E-state index in [0.29, 0.717) is 5.69 Å². The molecular formula is C5H4ClN3O. The molecule has 0 aliphatic carbocycles. The molecule has 0 aromatic carbocycles. The first-order chi connectivity index (χ1) is 4.84. The minimum Gasteiger partial charge on any atom is -0.410 e. The summed E-state index contributed by atoms with van der Waals surface area (Å²) < 4.78 is 0. The van der Waals surface area contributed by atoms with Crippen LogP contribution in [0.15, 0.2) is 23.7 Å². The Hall–Kier alpha value is -1.16. The summed E-state index contributed by atoms with van der Waals surface area (Å²) in [6, 6.07) is 1.54. The fourth-order valence-electron chi connectivity index (χ4n) is 0.464. The van der Waals surface area contributed by atoms with Crippen LogP contribution in [0.3, 0.4) is 0 Å². The first-order valence-corrected chi connectivity index (χ1v) is 2.86. The van der Waals surface area contributed by atoms with E-state index in [2.05, 4.69) is 15.1 Å². The highest BCUT2D eigenvalue weighted by Gasteiger charge is 1.98. The van der Waals surface area contributed by atoms with Gasteiger partial charge in [0.2, 0.25) is 0 Å². The van der Waals surface area contributed by atoms with Gasteiger partial charge in [-0.3, -0.25) is 0 Å². The largest absolute Gasteiger partial charge is 0.410 e. The molecule has 0 unspecified atom stereocenters. The van der Waals surface area contributed by atoms with Gasteiger partial charge < -0.3 is 5.21 Å². The Labute approximate surface area is 62.2 Å². The molecule has 0 radical (unpaired) electrons. The third-order valence-electron chi connectivity index (χ3n) is 0.881. The molecule has 1 aromatic heterocycles. The van der Waals surface area contributed by atoms with Gasteiger partial charge >= 0.3 is 0 Å². The molecule has 1 N–H and O–H groups in total. The average Bonchev–Trinajstić information content (AvgIpc) is 2.05. The summed E-state index contributed by atoms with van der Waals surface area (Å²) in [5, 5.41) is 10.9. The first kappa shape index (κ1) is 6.95. The molecule has 5 heteroatoms. The summed E-state index contributed by atoms with van der Waals surface area (Å²) >= 11 is 5.40. The molecule has 4 nitrogen and oxygen atoms in total. The smallest absolute Gasteiger partial charge is 0.193 e. The van der Waals surface area contributed by atoms with E-state index in [1.54, 1.807) is 6.07 Å². The van der Waals surface area contributed by atoms with Crippen molar-refractivity contribution in [3.63, 3.8) is 0 Å². The monoisotopic (exact) mass is 157 g/mol. The van der Waals surface area contributed by atoms with Crippen molar-refractivity contribution in [1.29, 1.82) is 0 Å². The van der Waals surface area contributed by atoms with Gasteiger partial charge in [-0.1, -0.05) is 16.8 Å². The Morgan fingerprint density at radius 3 is 3.00 bits per heavy atom. The normalized spacial score (nSPS) is 11.5. The number of hydrogen-bond acceptors (Lipinski definition) is 4. The van der Waals surface area contributed by atoms with Gasteiger partial charge in [0.1, 0.15) is 12.0 Å². The molecule has 0 fully saturated rings. The minimum absolute atomic E-state index is 0.0394. The highest BCUT2D eigenvalue weighted by molar-refractivity contribution is 6.69. The summed E-state index contributed by atoms with van der Waals surface area (Å²) in [6.45, 7) is 0. The van der Waals surface area contributed by atoms with Crippen molar-refractivity contribution in [2.75, 3.05) is 0 Å². The van der Waals surface area contributed by atoms with E-state index in [9.17, 15) is 0 Å². The molecule has 1 heterocycles. The predicted molar refractivity (Wildman–Crippen MR) is 36.2 cm³/mol. The lowest BCUT2D eigenvalue weighted by molar-refractivity contribution is 0.320. The van der Waals surface area contributed by atoms with Gasteiger partial charge in [-0.2, -0.15) is 0 Å². The Kier molecular flexibility index (Phi) is 2.17. The van der Waals surface area contributed by atoms with Gasteiger partial charge in [0, 0.05) is 6.20 Å². The second kappa shape index (κ2) is 3.12. The lowest BCUT2D eigenvalue weighted by Gasteiger charge is -1.90. The molecule has 10 heavy (non-hydrogen) atoms. The maximum Gasteiger partial charge on any atom is 0.193 e. The summed E-state index contributed by atoms with van der Waals surface area (Å²) in [6.07, 6.45) is 2.83. The molecule has 1 rings (SSSR count). The summed E-state index contributed by atoms with van der Waals surface area (Å²) in [5.74, 6) is 0. The number of oxime groups is 1. The zero-order valence-corrected chi connectivity index (χ0v) is 5.65. The summed E-state index contributed by atoms with van der Waals surface area (Å²) in [7, 11) is 0. The predicted octanol–water partition coefficient (Wildman–Crippen LogP) is 0.851. The second-order valence-electron chi connectivity index (χ2n) is 1.49. The SMILES string of the molecule is ON=C(Cl)c1ccncn1. The van der Waals surface area contributed by atoms with E-state index in [4.69, 9.17) is 16.8 Å². The highest BCUT2D eigenvalue weighted by atomic mass is 35.5. The van der Waals surface area contributed by atoms with Crippen LogP contribution in [-0.2, 0) is 0 Å². The van der Waals surface area contributed by atoms with E-state index in [-0.39, 0.29) is 5.17 Å². The zero-order valence-electron chi connectivity index (χ0n) is 4.90. The van der Waals surface area contributed by atoms with Crippen molar-refractivity contribution in [1.82, 2.24) is 9.97 Å².